The maximum Gasteiger partial charge on any atom is 0.417 e. The Bertz CT molecular complexity index is 864. The van der Waals surface area contributed by atoms with Gasteiger partial charge >= 0.3 is 6.18 Å². The Hall–Kier alpha value is -2.13. The first kappa shape index (κ1) is 20.6. The average Bonchev–Trinajstić information content (AvgIpc) is 2.63. The highest BCUT2D eigenvalue weighted by Gasteiger charge is 2.31. The van der Waals surface area contributed by atoms with Gasteiger partial charge in [-0.1, -0.05) is 30.3 Å². The van der Waals surface area contributed by atoms with Gasteiger partial charge < -0.3 is 4.74 Å². The number of ether oxygens (including phenoxy) is 1. The second kappa shape index (κ2) is 8.48. The SMILES string of the molecule is O=S(=O)(Cc1ccccc1)NC1CCC(Oc2ccc(C(F)(F)F)cn2)CC1. The summed E-state index contributed by atoms with van der Waals surface area (Å²) >= 11 is 0. The van der Waals surface area contributed by atoms with Gasteiger partial charge in [0.2, 0.25) is 15.9 Å². The molecular weight excluding hydrogens is 393 g/mol. The smallest absolute Gasteiger partial charge is 0.417 e. The van der Waals surface area contributed by atoms with Crippen LogP contribution in [-0.4, -0.2) is 25.5 Å². The van der Waals surface area contributed by atoms with Crippen LogP contribution in [0.3, 0.4) is 0 Å². The van der Waals surface area contributed by atoms with Crippen LogP contribution in [0.15, 0.2) is 48.7 Å². The van der Waals surface area contributed by atoms with Crippen molar-refractivity contribution in [3.05, 3.63) is 59.8 Å². The summed E-state index contributed by atoms with van der Waals surface area (Å²) in [6, 6.07) is 10.9. The molecule has 1 aromatic carbocycles. The van der Waals surface area contributed by atoms with Crippen molar-refractivity contribution in [1.82, 2.24) is 9.71 Å². The molecule has 1 N–H and O–H groups in total. The molecule has 28 heavy (non-hydrogen) atoms. The van der Waals surface area contributed by atoms with Crippen molar-refractivity contribution in [3.8, 4) is 5.88 Å². The van der Waals surface area contributed by atoms with E-state index in [-0.39, 0.29) is 23.8 Å². The Morgan fingerprint density at radius 3 is 2.29 bits per heavy atom. The molecule has 0 aliphatic heterocycles. The second-order valence-electron chi connectivity index (χ2n) is 6.84. The molecule has 152 valence electrons. The van der Waals surface area contributed by atoms with E-state index in [9.17, 15) is 21.6 Å². The molecule has 0 amide bonds. The lowest BCUT2D eigenvalue weighted by molar-refractivity contribution is -0.137. The minimum atomic E-state index is -4.43. The Balaban J connectivity index is 1.48. The molecule has 1 fully saturated rings. The van der Waals surface area contributed by atoms with E-state index < -0.39 is 21.8 Å². The number of halogens is 3. The monoisotopic (exact) mass is 414 g/mol. The zero-order valence-corrected chi connectivity index (χ0v) is 15.8. The van der Waals surface area contributed by atoms with E-state index in [1.54, 1.807) is 24.3 Å². The van der Waals surface area contributed by atoms with Gasteiger partial charge in [0.15, 0.2) is 0 Å². The minimum absolute atomic E-state index is 0.0697. The third kappa shape index (κ3) is 5.93. The summed E-state index contributed by atoms with van der Waals surface area (Å²) in [5.74, 6) is 0.0702. The summed E-state index contributed by atoms with van der Waals surface area (Å²) < 4.78 is 70.7. The Morgan fingerprint density at radius 1 is 1.04 bits per heavy atom. The van der Waals surface area contributed by atoms with E-state index in [4.69, 9.17) is 4.74 Å². The van der Waals surface area contributed by atoms with Crippen molar-refractivity contribution in [2.45, 2.75) is 49.8 Å². The average molecular weight is 414 g/mol. The van der Waals surface area contributed by atoms with E-state index in [1.807, 2.05) is 6.07 Å². The van der Waals surface area contributed by atoms with E-state index in [2.05, 4.69) is 9.71 Å². The number of sulfonamides is 1. The van der Waals surface area contributed by atoms with Gasteiger partial charge in [-0.25, -0.2) is 18.1 Å². The summed E-state index contributed by atoms with van der Waals surface area (Å²) in [6.07, 6.45) is -1.49. The van der Waals surface area contributed by atoms with Crippen LogP contribution < -0.4 is 9.46 Å². The molecular formula is C19H21F3N2O3S. The topological polar surface area (TPSA) is 68.3 Å². The lowest BCUT2D eigenvalue weighted by Crippen LogP contribution is -2.40. The second-order valence-corrected chi connectivity index (χ2v) is 8.59. The van der Waals surface area contributed by atoms with Crippen molar-refractivity contribution in [3.63, 3.8) is 0 Å². The molecule has 0 spiro atoms. The Labute approximate surface area is 162 Å². The van der Waals surface area contributed by atoms with Crippen LogP contribution in [0.4, 0.5) is 13.2 Å². The van der Waals surface area contributed by atoms with Crippen molar-refractivity contribution in [1.29, 1.82) is 0 Å². The summed E-state index contributed by atoms with van der Waals surface area (Å²) in [4.78, 5) is 3.71. The van der Waals surface area contributed by atoms with Crippen LogP contribution in [0.1, 0.15) is 36.8 Å². The van der Waals surface area contributed by atoms with E-state index >= 15 is 0 Å². The van der Waals surface area contributed by atoms with Crippen LogP contribution in [0.5, 0.6) is 5.88 Å². The molecule has 9 heteroatoms. The molecule has 1 aromatic heterocycles. The molecule has 0 atom stereocenters. The molecule has 1 saturated carbocycles. The predicted molar refractivity (Wildman–Crippen MR) is 98.1 cm³/mol. The zero-order chi connectivity index (χ0) is 20.2. The fourth-order valence-corrected chi connectivity index (χ4v) is 4.63. The van der Waals surface area contributed by atoms with Gasteiger partial charge in [-0.15, -0.1) is 0 Å². The van der Waals surface area contributed by atoms with Crippen molar-refractivity contribution in [2.75, 3.05) is 0 Å². The third-order valence-electron chi connectivity index (χ3n) is 4.57. The molecule has 3 rings (SSSR count). The van der Waals surface area contributed by atoms with Gasteiger partial charge in [0, 0.05) is 18.3 Å². The minimum Gasteiger partial charge on any atom is -0.474 e. The molecule has 2 aromatic rings. The van der Waals surface area contributed by atoms with Crippen LogP contribution in [-0.2, 0) is 22.0 Å². The van der Waals surface area contributed by atoms with Crippen LogP contribution >= 0.6 is 0 Å². The molecule has 5 nitrogen and oxygen atoms in total. The van der Waals surface area contributed by atoms with Gasteiger partial charge in [-0.2, -0.15) is 13.2 Å². The molecule has 1 aliphatic rings. The maximum atomic E-state index is 12.6. The number of hydrogen-bond donors (Lipinski definition) is 1. The highest BCUT2D eigenvalue weighted by molar-refractivity contribution is 7.88. The van der Waals surface area contributed by atoms with E-state index in [0.717, 1.165) is 17.8 Å². The third-order valence-corrected chi connectivity index (χ3v) is 5.98. The van der Waals surface area contributed by atoms with E-state index in [0.29, 0.717) is 25.7 Å². The Morgan fingerprint density at radius 2 is 1.71 bits per heavy atom. The number of alkyl halides is 3. The van der Waals surface area contributed by atoms with Crippen LogP contribution in [0.25, 0.3) is 0 Å². The molecule has 0 saturated heterocycles. The highest BCUT2D eigenvalue weighted by Crippen LogP contribution is 2.30. The first-order valence-corrected chi connectivity index (χ1v) is 10.6. The lowest BCUT2D eigenvalue weighted by atomic mass is 9.94. The maximum absolute atomic E-state index is 12.6. The standard InChI is InChI=1S/C19H21F3N2O3S/c20-19(21,22)15-6-11-18(23-12-15)27-17-9-7-16(8-10-17)24-28(25,26)13-14-4-2-1-3-5-14/h1-6,11-12,16-17,24H,7-10,13H2. The number of hydrogen-bond acceptors (Lipinski definition) is 4. The fraction of sp³-hybridized carbons (Fsp3) is 0.421. The van der Waals surface area contributed by atoms with Gasteiger partial charge in [0.1, 0.15) is 6.10 Å². The van der Waals surface area contributed by atoms with Gasteiger partial charge in [-0.3, -0.25) is 0 Å². The number of nitrogens with zero attached hydrogens (tertiary/aromatic N) is 1. The van der Waals surface area contributed by atoms with Crippen molar-refractivity contribution in [2.24, 2.45) is 0 Å². The number of benzene rings is 1. The first-order chi connectivity index (χ1) is 13.2. The predicted octanol–water partition coefficient (Wildman–Crippen LogP) is 3.91. The summed E-state index contributed by atoms with van der Waals surface area (Å²) in [7, 11) is -3.44. The number of aromatic nitrogens is 1. The van der Waals surface area contributed by atoms with Gasteiger partial charge in [0.25, 0.3) is 0 Å². The van der Waals surface area contributed by atoms with Gasteiger partial charge in [-0.05, 0) is 37.3 Å². The van der Waals surface area contributed by atoms with Crippen molar-refractivity contribution >= 4 is 10.0 Å². The lowest BCUT2D eigenvalue weighted by Gasteiger charge is -2.29. The number of rotatable bonds is 6. The Kier molecular flexibility index (Phi) is 6.24. The van der Waals surface area contributed by atoms with Crippen LogP contribution in [0, 0.1) is 0 Å². The largest absolute Gasteiger partial charge is 0.474 e. The normalized spacial score (nSPS) is 20.7. The first-order valence-electron chi connectivity index (χ1n) is 8.95. The van der Waals surface area contributed by atoms with Crippen molar-refractivity contribution < 1.29 is 26.3 Å². The summed E-state index contributed by atoms with van der Waals surface area (Å²) in [5, 5.41) is 0. The van der Waals surface area contributed by atoms with E-state index in [1.165, 1.54) is 6.07 Å². The van der Waals surface area contributed by atoms with Gasteiger partial charge in [0.05, 0.1) is 11.3 Å². The number of nitrogens with one attached hydrogen (secondary N) is 1. The quantitative estimate of drug-likeness (QED) is 0.778. The molecule has 0 bridgehead atoms. The molecule has 1 heterocycles. The molecule has 1 aliphatic carbocycles. The molecule has 0 radical (unpaired) electrons. The highest BCUT2D eigenvalue weighted by atomic mass is 32.2. The zero-order valence-electron chi connectivity index (χ0n) is 15.0. The molecule has 0 unspecified atom stereocenters. The summed E-state index contributed by atoms with van der Waals surface area (Å²) in [6.45, 7) is 0. The number of pyridine rings is 1. The fourth-order valence-electron chi connectivity index (χ4n) is 3.18. The van der Waals surface area contributed by atoms with Crippen LogP contribution in [0.2, 0.25) is 0 Å². The summed E-state index contributed by atoms with van der Waals surface area (Å²) in [5.41, 5.74) is -0.100.